The molecule has 0 bridgehead atoms. The van der Waals surface area contributed by atoms with Crippen LogP contribution in [0.4, 0.5) is 0 Å². The van der Waals surface area contributed by atoms with Crippen molar-refractivity contribution >= 4 is 5.97 Å². The molecule has 0 radical (unpaired) electrons. The number of carbonyl (C=O) groups is 1. The maximum atomic E-state index is 10.7. The Balaban J connectivity index is 1.47. The number of carboxylic acid groups (broad SMARTS) is 1. The molecule has 0 saturated carbocycles. The van der Waals surface area contributed by atoms with Gasteiger partial charge in [-0.25, -0.2) is 9.48 Å². The molecule has 0 unspecified atom stereocenters. The average molecular weight is 273 g/mol. The van der Waals surface area contributed by atoms with Crippen molar-refractivity contribution in [2.75, 3.05) is 19.6 Å². The summed E-state index contributed by atoms with van der Waals surface area (Å²) in [5, 5.41) is 16.3. The Kier molecular flexibility index (Phi) is 3.42. The van der Waals surface area contributed by atoms with Gasteiger partial charge in [-0.1, -0.05) is 11.3 Å². The highest BCUT2D eigenvalue weighted by atomic mass is 16.4. The van der Waals surface area contributed by atoms with Gasteiger partial charge in [0.05, 0.1) is 12.2 Å². The fraction of sp³-hybridized carbons (Fsp3) is 0.385. The van der Waals surface area contributed by atoms with Crippen LogP contribution >= 0.6 is 0 Å². The molecule has 0 atom stereocenters. The second-order valence-electron chi connectivity index (χ2n) is 4.91. The topological polar surface area (TPSA) is 84.1 Å². The third-order valence-electron chi connectivity index (χ3n) is 3.48. The number of aromatic carboxylic acids is 1. The summed E-state index contributed by atoms with van der Waals surface area (Å²) in [7, 11) is 0. The summed E-state index contributed by atoms with van der Waals surface area (Å²) in [4.78, 5) is 17.1. The summed E-state index contributed by atoms with van der Waals surface area (Å²) >= 11 is 0. The monoisotopic (exact) mass is 273 g/mol. The van der Waals surface area contributed by atoms with Crippen LogP contribution in [0.25, 0.3) is 0 Å². The van der Waals surface area contributed by atoms with E-state index in [1.165, 1.54) is 11.8 Å². The van der Waals surface area contributed by atoms with Gasteiger partial charge in [-0.15, -0.1) is 5.10 Å². The molecule has 3 rings (SSSR count). The van der Waals surface area contributed by atoms with Gasteiger partial charge in [0.15, 0.2) is 5.69 Å². The van der Waals surface area contributed by atoms with Crippen molar-refractivity contribution in [2.24, 2.45) is 0 Å². The van der Waals surface area contributed by atoms with Crippen LogP contribution in [0.2, 0.25) is 0 Å². The standard InChI is InChI=1S/C13H15N5O2/c19-13(20)12-9-18(16-15-12)11-7-17(8-11)5-3-10-2-1-4-14-6-10/h1-2,4,6,9,11H,3,5,7-8H2,(H,19,20). The first-order valence-corrected chi connectivity index (χ1v) is 6.49. The van der Waals surface area contributed by atoms with Gasteiger partial charge in [0.1, 0.15) is 0 Å². The minimum atomic E-state index is -1.04. The van der Waals surface area contributed by atoms with E-state index in [2.05, 4.69) is 26.3 Å². The molecule has 0 aromatic carbocycles. The van der Waals surface area contributed by atoms with E-state index in [0.29, 0.717) is 0 Å². The summed E-state index contributed by atoms with van der Waals surface area (Å²) in [6, 6.07) is 4.24. The molecule has 1 aliphatic heterocycles. The number of pyridine rings is 1. The molecule has 3 heterocycles. The molecule has 7 nitrogen and oxygen atoms in total. The molecule has 1 N–H and O–H groups in total. The Labute approximate surface area is 115 Å². The number of hydrogen-bond donors (Lipinski definition) is 1. The van der Waals surface area contributed by atoms with Gasteiger partial charge in [0.2, 0.25) is 0 Å². The van der Waals surface area contributed by atoms with Crippen LogP contribution in [0.1, 0.15) is 22.1 Å². The third kappa shape index (κ3) is 2.67. The van der Waals surface area contributed by atoms with Gasteiger partial charge in [-0.3, -0.25) is 9.88 Å². The first-order chi connectivity index (χ1) is 9.72. The Bertz CT molecular complexity index is 592. The van der Waals surface area contributed by atoms with Crippen molar-refractivity contribution in [2.45, 2.75) is 12.5 Å². The largest absolute Gasteiger partial charge is 0.476 e. The smallest absolute Gasteiger partial charge is 0.358 e. The van der Waals surface area contributed by atoms with Gasteiger partial charge >= 0.3 is 5.97 Å². The molecule has 0 aliphatic carbocycles. The van der Waals surface area contributed by atoms with Gasteiger partial charge in [0.25, 0.3) is 0 Å². The van der Waals surface area contributed by atoms with Crippen molar-refractivity contribution in [3.8, 4) is 0 Å². The Morgan fingerprint density at radius 1 is 1.45 bits per heavy atom. The van der Waals surface area contributed by atoms with E-state index >= 15 is 0 Å². The predicted octanol–water partition coefficient (Wildman–Crippen LogP) is 0.471. The maximum Gasteiger partial charge on any atom is 0.358 e. The Morgan fingerprint density at radius 3 is 2.95 bits per heavy atom. The molecule has 1 saturated heterocycles. The van der Waals surface area contributed by atoms with Crippen LogP contribution in [-0.4, -0.2) is 55.6 Å². The van der Waals surface area contributed by atoms with E-state index in [1.54, 1.807) is 10.9 Å². The number of likely N-dealkylation sites (tertiary alicyclic amines) is 1. The number of carboxylic acids is 1. The molecule has 0 amide bonds. The van der Waals surface area contributed by atoms with Gasteiger partial charge in [-0.2, -0.15) is 0 Å². The maximum absolute atomic E-state index is 10.7. The lowest BCUT2D eigenvalue weighted by molar-refractivity contribution is 0.0690. The van der Waals surface area contributed by atoms with Gasteiger partial charge in [0, 0.05) is 32.0 Å². The lowest BCUT2D eigenvalue weighted by atomic mass is 10.1. The normalized spacial score (nSPS) is 16.0. The summed E-state index contributed by atoms with van der Waals surface area (Å²) in [5.41, 5.74) is 1.23. The molecule has 1 fully saturated rings. The summed E-state index contributed by atoms with van der Waals surface area (Å²) in [6.45, 7) is 2.73. The number of hydrogen-bond acceptors (Lipinski definition) is 5. The van der Waals surface area contributed by atoms with Crippen molar-refractivity contribution in [1.82, 2.24) is 24.9 Å². The van der Waals surface area contributed by atoms with Crippen LogP contribution in [-0.2, 0) is 6.42 Å². The van der Waals surface area contributed by atoms with Crippen LogP contribution in [0.3, 0.4) is 0 Å². The molecule has 2 aromatic heterocycles. The van der Waals surface area contributed by atoms with Crippen molar-refractivity contribution in [1.29, 1.82) is 0 Å². The predicted molar refractivity (Wildman–Crippen MR) is 70.4 cm³/mol. The first kappa shape index (κ1) is 12.7. The lowest BCUT2D eigenvalue weighted by Crippen LogP contribution is -2.48. The minimum Gasteiger partial charge on any atom is -0.476 e. The summed E-state index contributed by atoms with van der Waals surface area (Å²) in [5.74, 6) is -1.04. The number of aromatic nitrogens is 4. The van der Waals surface area contributed by atoms with E-state index < -0.39 is 5.97 Å². The van der Waals surface area contributed by atoms with Gasteiger partial charge in [-0.05, 0) is 18.1 Å². The Hall–Kier alpha value is -2.28. The fourth-order valence-electron chi connectivity index (χ4n) is 2.28. The molecule has 104 valence electrons. The highest BCUT2D eigenvalue weighted by Gasteiger charge is 2.29. The van der Waals surface area contributed by atoms with Crippen LogP contribution in [0.15, 0.2) is 30.7 Å². The average Bonchev–Trinajstić information content (AvgIpc) is 2.88. The lowest BCUT2D eigenvalue weighted by Gasteiger charge is -2.38. The minimum absolute atomic E-state index is 0.00110. The highest BCUT2D eigenvalue weighted by molar-refractivity contribution is 5.84. The third-order valence-corrected chi connectivity index (χ3v) is 3.48. The zero-order chi connectivity index (χ0) is 13.9. The number of nitrogens with zero attached hydrogens (tertiary/aromatic N) is 5. The molecular formula is C13H15N5O2. The molecule has 7 heteroatoms. The van der Waals surface area contributed by atoms with E-state index in [4.69, 9.17) is 5.11 Å². The first-order valence-electron chi connectivity index (χ1n) is 6.49. The SMILES string of the molecule is O=C(O)c1cn(C2CN(CCc3cccnc3)C2)nn1. The second kappa shape index (κ2) is 5.38. The fourth-order valence-corrected chi connectivity index (χ4v) is 2.28. The van der Waals surface area contributed by atoms with Crippen molar-refractivity contribution in [3.63, 3.8) is 0 Å². The molecule has 1 aliphatic rings. The number of rotatable bonds is 5. The van der Waals surface area contributed by atoms with Crippen molar-refractivity contribution in [3.05, 3.63) is 42.0 Å². The van der Waals surface area contributed by atoms with E-state index in [-0.39, 0.29) is 11.7 Å². The van der Waals surface area contributed by atoms with Crippen LogP contribution in [0.5, 0.6) is 0 Å². The second-order valence-corrected chi connectivity index (χ2v) is 4.91. The molecule has 0 spiro atoms. The molecular weight excluding hydrogens is 258 g/mol. The molecule has 20 heavy (non-hydrogen) atoms. The zero-order valence-corrected chi connectivity index (χ0v) is 10.9. The van der Waals surface area contributed by atoms with Gasteiger partial charge < -0.3 is 5.11 Å². The van der Waals surface area contributed by atoms with Crippen LogP contribution in [0, 0.1) is 0 Å². The van der Waals surface area contributed by atoms with E-state index in [1.807, 2.05) is 12.3 Å². The summed E-state index contributed by atoms with van der Waals surface area (Å²) < 4.78 is 1.64. The van der Waals surface area contributed by atoms with E-state index in [9.17, 15) is 4.79 Å². The zero-order valence-electron chi connectivity index (χ0n) is 10.9. The van der Waals surface area contributed by atoms with E-state index in [0.717, 1.165) is 26.1 Å². The molecule has 2 aromatic rings. The van der Waals surface area contributed by atoms with Crippen molar-refractivity contribution < 1.29 is 9.90 Å². The quantitative estimate of drug-likeness (QED) is 0.852. The van der Waals surface area contributed by atoms with Crippen LogP contribution < -0.4 is 0 Å². The Morgan fingerprint density at radius 2 is 2.30 bits per heavy atom. The summed E-state index contributed by atoms with van der Waals surface area (Å²) in [6.07, 6.45) is 6.12. The highest BCUT2D eigenvalue weighted by Crippen LogP contribution is 2.20.